The van der Waals surface area contributed by atoms with Crippen molar-refractivity contribution < 1.29 is 19.1 Å². The normalized spacial score (nSPS) is 30.4. The number of amides is 2. The summed E-state index contributed by atoms with van der Waals surface area (Å²) < 4.78 is 9.94. The molecule has 2 rings (SSSR count). The van der Waals surface area contributed by atoms with E-state index >= 15 is 0 Å². The van der Waals surface area contributed by atoms with E-state index in [1.54, 1.807) is 14.0 Å². The molecule has 126 valence electrons. The van der Waals surface area contributed by atoms with Crippen LogP contribution >= 0.6 is 0 Å². The van der Waals surface area contributed by atoms with E-state index in [0.29, 0.717) is 12.0 Å². The second-order valence-corrected chi connectivity index (χ2v) is 6.50. The predicted molar refractivity (Wildman–Crippen MR) is 82.5 cm³/mol. The molecule has 1 aliphatic carbocycles. The SMILES string of the molecule is COC(=O)N[C@@H](C(=O)N1C(C)C[C@@H]2CCCC[C@@H]21)[C@@H](C)OC. The second kappa shape index (κ2) is 7.31. The minimum atomic E-state index is -0.708. The van der Waals surface area contributed by atoms with Gasteiger partial charge in [-0.2, -0.15) is 0 Å². The molecule has 1 N–H and O–H groups in total. The van der Waals surface area contributed by atoms with Crippen LogP contribution in [0.1, 0.15) is 46.0 Å². The lowest BCUT2D eigenvalue weighted by Gasteiger charge is -2.36. The number of fused-ring (bicyclic) bond motifs is 1. The largest absolute Gasteiger partial charge is 0.453 e. The maximum absolute atomic E-state index is 13.0. The number of ether oxygens (including phenoxy) is 2. The van der Waals surface area contributed by atoms with Gasteiger partial charge in [0.05, 0.1) is 13.2 Å². The third-order valence-electron chi connectivity index (χ3n) is 5.17. The quantitative estimate of drug-likeness (QED) is 0.861. The van der Waals surface area contributed by atoms with Crippen molar-refractivity contribution in [3.63, 3.8) is 0 Å². The van der Waals surface area contributed by atoms with Crippen molar-refractivity contribution in [2.24, 2.45) is 5.92 Å². The molecule has 2 fully saturated rings. The molecule has 1 saturated carbocycles. The first-order valence-electron chi connectivity index (χ1n) is 8.19. The molecule has 5 atom stereocenters. The van der Waals surface area contributed by atoms with Gasteiger partial charge in [-0.05, 0) is 39.0 Å². The third-order valence-corrected chi connectivity index (χ3v) is 5.17. The number of hydrogen-bond acceptors (Lipinski definition) is 4. The Hall–Kier alpha value is -1.30. The van der Waals surface area contributed by atoms with E-state index in [1.165, 1.54) is 26.4 Å². The van der Waals surface area contributed by atoms with E-state index in [0.717, 1.165) is 12.8 Å². The Morgan fingerprint density at radius 1 is 1.23 bits per heavy atom. The average Bonchev–Trinajstić information content (AvgIpc) is 2.86. The van der Waals surface area contributed by atoms with Crippen LogP contribution in [0.2, 0.25) is 0 Å². The van der Waals surface area contributed by atoms with Crippen molar-refractivity contribution in [1.82, 2.24) is 10.2 Å². The van der Waals surface area contributed by atoms with Crippen molar-refractivity contribution in [2.45, 2.75) is 70.2 Å². The Balaban J connectivity index is 2.16. The summed E-state index contributed by atoms with van der Waals surface area (Å²) in [6.07, 6.45) is 4.75. The van der Waals surface area contributed by atoms with Crippen molar-refractivity contribution in [3.8, 4) is 0 Å². The summed E-state index contributed by atoms with van der Waals surface area (Å²) in [4.78, 5) is 26.6. The Bertz CT molecular complexity index is 415. The highest BCUT2D eigenvalue weighted by Gasteiger charge is 2.45. The van der Waals surface area contributed by atoms with Gasteiger partial charge in [-0.15, -0.1) is 0 Å². The lowest BCUT2D eigenvalue weighted by molar-refractivity contribution is -0.140. The molecule has 0 aromatic carbocycles. The van der Waals surface area contributed by atoms with Crippen LogP contribution in [0.3, 0.4) is 0 Å². The zero-order chi connectivity index (χ0) is 16.3. The van der Waals surface area contributed by atoms with Crippen LogP contribution in [0.4, 0.5) is 4.79 Å². The van der Waals surface area contributed by atoms with Crippen LogP contribution in [-0.2, 0) is 14.3 Å². The van der Waals surface area contributed by atoms with Gasteiger partial charge in [-0.1, -0.05) is 12.8 Å². The molecule has 22 heavy (non-hydrogen) atoms. The minimum Gasteiger partial charge on any atom is -0.453 e. The van der Waals surface area contributed by atoms with Gasteiger partial charge in [0.1, 0.15) is 6.04 Å². The van der Waals surface area contributed by atoms with E-state index in [-0.39, 0.29) is 11.9 Å². The topological polar surface area (TPSA) is 67.9 Å². The first-order valence-corrected chi connectivity index (χ1v) is 8.19. The molecule has 6 heteroatoms. The standard InChI is InChI=1S/C16H28N2O4/c1-10-9-12-7-5-6-8-13(12)18(10)15(19)14(11(2)21-3)17-16(20)22-4/h10-14H,5-9H2,1-4H3,(H,17,20)/t10?,11-,12+,13+,14-/m1/s1. The third kappa shape index (κ3) is 3.37. The predicted octanol–water partition coefficient (Wildman–Crippen LogP) is 1.93. The van der Waals surface area contributed by atoms with E-state index in [4.69, 9.17) is 4.74 Å². The number of methoxy groups -OCH3 is 2. The maximum Gasteiger partial charge on any atom is 0.407 e. The van der Waals surface area contributed by atoms with E-state index < -0.39 is 18.2 Å². The smallest absolute Gasteiger partial charge is 0.407 e. The Kier molecular flexibility index (Phi) is 5.67. The van der Waals surface area contributed by atoms with Crippen LogP contribution in [-0.4, -0.2) is 55.3 Å². The Morgan fingerprint density at radius 3 is 2.55 bits per heavy atom. The van der Waals surface area contributed by atoms with Gasteiger partial charge < -0.3 is 19.7 Å². The Labute approximate surface area is 132 Å². The van der Waals surface area contributed by atoms with Gasteiger partial charge in [-0.25, -0.2) is 4.79 Å². The number of carbonyl (C=O) groups is 2. The van der Waals surface area contributed by atoms with Crippen LogP contribution in [0.15, 0.2) is 0 Å². The highest BCUT2D eigenvalue weighted by Crippen LogP contribution is 2.39. The fourth-order valence-electron chi connectivity index (χ4n) is 3.95. The van der Waals surface area contributed by atoms with Gasteiger partial charge in [0.2, 0.25) is 5.91 Å². The van der Waals surface area contributed by atoms with Crippen LogP contribution in [0.5, 0.6) is 0 Å². The van der Waals surface area contributed by atoms with Crippen molar-refractivity contribution in [1.29, 1.82) is 0 Å². The lowest BCUT2D eigenvalue weighted by Crippen LogP contribution is -2.57. The van der Waals surface area contributed by atoms with Crippen LogP contribution in [0, 0.1) is 5.92 Å². The van der Waals surface area contributed by atoms with Gasteiger partial charge in [0.25, 0.3) is 0 Å². The molecule has 0 spiro atoms. The first kappa shape index (κ1) is 17.1. The van der Waals surface area contributed by atoms with Crippen molar-refractivity contribution in [3.05, 3.63) is 0 Å². The molecule has 0 aromatic rings. The molecule has 1 unspecified atom stereocenters. The Morgan fingerprint density at radius 2 is 1.91 bits per heavy atom. The fourth-order valence-corrected chi connectivity index (χ4v) is 3.95. The number of nitrogens with zero attached hydrogens (tertiary/aromatic N) is 1. The highest BCUT2D eigenvalue weighted by atomic mass is 16.5. The molecule has 6 nitrogen and oxygen atoms in total. The van der Waals surface area contributed by atoms with Crippen molar-refractivity contribution in [2.75, 3.05) is 14.2 Å². The number of carbonyl (C=O) groups excluding carboxylic acids is 2. The highest BCUT2D eigenvalue weighted by molar-refractivity contribution is 5.87. The van der Waals surface area contributed by atoms with Gasteiger partial charge in [-0.3, -0.25) is 4.79 Å². The zero-order valence-electron chi connectivity index (χ0n) is 14.0. The van der Waals surface area contributed by atoms with Crippen LogP contribution in [0.25, 0.3) is 0 Å². The number of rotatable bonds is 4. The number of likely N-dealkylation sites (tertiary alicyclic amines) is 1. The first-order chi connectivity index (χ1) is 10.5. The molecule has 0 aromatic heterocycles. The van der Waals surface area contributed by atoms with E-state index in [9.17, 15) is 9.59 Å². The molecular weight excluding hydrogens is 284 g/mol. The fraction of sp³-hybridized carbons (Fsp3) is 0.875. The lowest BCUT2D eigenvalue weighted by atomic mass is 9.84. The molecule has 2 amide bonds. The van der Waals surface area contributed by atoms with Gasteiger partial charge >= 0.3 is 6.09 Å². The molecule has 0 radical (unpaired) electrons. The summed E-state index contributed by atoms with van der Waals surface area (Å²) >= 11 is 0. The second-order valence-electron chi connectivity index (χ2n) is 6.50. The average molecular weight is 312 g/mol. The molecule has 2 aliphatic rings. The van der Waals surface area contributed by atoms with Crippen molar-refractivity contribution >= 4 is 12.0 Å². The zero-order valence-corrected chi connectivity index (χ0v) is 14.0. The monoisotopic (exact) mass is 312 g/mol. The molecule has 1 saturated heterocycles. The molecule has 0 bridgehead atoms. The van der Waals surface area contributed by atoms with E-state index in [2.05, 4.69) is 17.0 Å². The maximum atomic E-state index is 13.0. The van der Waals surface area contributed by atoms with E-state index in [1.807, 2.05) is 4.90 Å². The van der Waals surface area contributed by atoms with Crippen LogP contribution < -0.4 is 5.32 Å². The molecule has 1 heterocycles. The van der Waals surface area contributed by atoms with Gasteiger partial charge in [0, 0.05) is 19.2 Å². The summed E-state index contributed by atoms with van der Waals surface area (Å²) in [5.41, 5.74) is 0. The summed E-state index contributed by atoms with van der Waals surface area (Å²) in [5, 5.41) is 2.63. The number of nitrogens with one attached hydrogen (secondary N) is 1. The molecule has 1 aliphatic heterocycles. The summed E-state index contributed by atoms with van der Waals surface area (Å²) in [6.45, 7) is 3.89. The summed E-state index contributed by atoms with van der Waals surface area (Å²) in [5.74, 6) is 0.547. The number of alkyl carbamates (subject to hydrolysis) is 1. The molecular formula is C16H28N2O4. The minimum absolute atomic E-state index is 0.0540. The van der Waals surface area contributed by atoms with Gasteiger partial charge in [0.15, 0.2) is 0 Å². The summed E-state index contributed by atoms with van der Waals surface area (Å²) in [7, 11) is 2.84. The summed E-state index contributed by atoms with van der Waals surface area (Å²) in [6, 6.07) is -0.186. The number of hydrogen-bond donors (Lipinski definition) is 1.